The molecule has 11 nitrogen and oxygen atoms in total. The largest absolute Gasteiger partial charge is 0.347 e. The standard InChI is InChI=1S/C31H27N6O5/c1-30(2)21-12-18(36(39)40)10-11-22(21)34(5)25(30)13-19-27(17(15-32)16-33)20(29(19)38)14-26-31(3,4)28-23(35(26)6)8-7-9-24(28)37(41)42/h7-14,32H,1-6H3/q+1. The van der Waals surface area contributed by atoms with Gasteiger partial charge in [0.25, 0.3) is 11.4 Å². The molecule has 0 spiro atoms. The molecule has 0 atom stereocenters. The smallest absolute Gasteiger partial charge is 0.280 e. The van der Waals surface area contributed by atoms with E-state index in [1.807, 2.05) is 38.7 Å². The molecule has 1 N–H and O–H groups in total. The van der Waals surface area contributed by atoms with Gasteiger partial charge in [-0.05, 0) is 43.5 Å². The number of nitrogens with one attached hydrogen (secondary N) is 1. The SMILES string of the molecule is CN1/C(=C/C2=C(C(=C=N)C#N)C(=C/C3=[N+](C)c4cccc([N+](=O)[O-])c4C3(C)C)/C2=O)C(C)(C)c2cc([N+](=O)[O-])ccc21. The minimum atomic E-state index is -0.842. The van der Waals surface area contributed by atoms with Gasteiger partial charge in [-0.3, -0.25) is 30.4 Å². The molecule has 0 aromatic heterocycles. The Labute approximate surface area is 241 Å². The van der Waals surface area contributed by atoms with Crippen molar-refractivity contribution in [3.63, 3.8) is 0 Å². The molecule has 0 amide bonds. The number of hydrogen-bond donors (Lipinski definition) is 1. The molecule has 2 aromatic rings. The van der Waals surface area contributed by atoms with Gasteiger partial charge < -0.3 is 4.90 Å². The third kappa shape index (κ3) is 3.77. The molecule has 11 heteroatoms. The maximum Gasteiger partial charge on any atom is 0.280 e. The van der Waals surface area contributed by atoms with Crippen molar-refractivity contribution in [2.24, 2.45) is 0 Å². The summed E-state index contributed by atoms with van der Waals surface area (Å²) in [6, 6.07) is 11.4. The van der Waals surface area contributed by atoms with Crippen LogP contribution >= 0.6 is 0 Å². The predicted octanol–water partition coefficient (Wildman–Crippen LogP) is 5.32. The molecule has 0 saturated carbocycles. The highest BCUT2D eigenvalue weighted by Gasteiger charge is 2.50. The van der Waals surface area contributed by atoms with E-state index in [4.69, 9.17) is 5.41 Å². The number of nitrogens with zero attached hydrogens (tertiary/aromatic N) is 5. The number of Topliss-reactive ketones (excluding diaryl/α,β-unsaturated/α-hetero) is 1. The number of rotatable bonds is 5. The van der Waals surface area contributed by atoms with Crippen molar-refractivity contribution >= 4 is 40.1 Å². The molecule has 0 fully saturated rings. The van der Waals surface area contributed by atoms with Gasteiger partial charge in [-0.25, -0.2) is 0 Å². The first-order chi connectivity index (χ1) is 19.7. The lowest BCUT2D eigenvalue weighted by molar-refractivity contribution is -0.404. The Morgan fingerprint density at radius 1 is 1.07 bits per heavy atom. The number of benzene rings is 2. The first kappa shape index (κ1) is 28.1. The number of allylic oxidation sites excluding steroid dienone is 7. The summed E-state index contributed by atoms with van der Waals surface area (Å²) in [5.41, 5.74) is 2.91. The number of non-ortho nitro benzene ring substituents is 1. The molecule has 1 aliphatic carbocycles. The van der Waals surface area contributed by atoms with E-state index in [0.717, 1.165) is 11.3 Å². The number of hydrogen-bond acceptors (Lipinski definition) is 8. The first-order valence-corrected chi connectivity index (χ1v) is 13.0. The number of carbonyl (C=O) groups excluding carboxylic acids is 1. The molecule has 2 aromatic carbocycles. The number of fused-ring (bicyclic) bond motifs is 2. The van der Waals surface area contributed by atoms with Gasteiger partial charge in [0.1, 0.15) is 24.3 Å². The van der Waals surface area contributed by atoms with Gasteiger partial charge in [-0.15, -0.1) is 0 Å². The summed E-state index contributed by atoms with van der Waals surface area (Å²) < 4.78 is 1.80. The minimum Gasteiger partial charge on any atom is -0.347 e. The molecule has 210 valence electrons. The van der Waals surface area contributed by atoms with Gasteiger partial charge in [0, 0.05) is 70.9 Å². The van der Waals surface area contributed by atoms with Crippen LogP contribution in [0, 0.1) is 37.0 Å². The Morgan fingerprint density at radius 3 is 2.36 bits per heavy atom. The average Bonchev–Trinajstić information content (AvgIpc) is 3.26. The second-order valence-electron chi connectivity index (χ2n) is 11.5. The summed E-state index contributed by atoms with van der Waals surface area (Å²) in [5, 5.41) is 40.9. The van der Waals surface area contributed by atoms with Gasteiger partial charge in [-0.2, -0.15) is 9.84 Å². The summed E-state index contributed by atoms with van der Waals surface area (Å²) >= 11 is 0. The van der Waals surface area contributed by atoms with Crippen molar-refractivity contribution in [3.8, 4) is 6.07 Å². The molecular weight excluding hydrogens is 536 g/mol. The Kier molecular flexibility index (Phi) is 6.21. The minimum absolute atomic E-state index is 0.0257. The van der Waals surface area contributed by atoms with Crippen LogP contribution in [0.1, 0.15) is 38.8 Å². The van der Waals surface area contributed by atoms with E-state index in [2.05, 4.69) is 5.87 Å². The lowest BCUT2D eigenvalue weighted by atomic mass is 9.73. The van der Waals surface area contributed by atoms with Gasteiger partial charge in [0.15, 0.2) is 11.5 Å². The van der Waals surface area contributed by atoms with Crippen molar-refractivity contribution < 1.29 is 19.2 Å². The Morgan fingerprint density at radius 2 is 1.76 bits per heavy atom. The van der Waals surface area contributed by atoms with Gasteiger partial charge in [-0.1, -0.05) is 13.8 Å². The zero-order chi connectivity index (χ0) is 30.9. The molecule has 0 saturated heterocycles. The summed E-state index contributed by atoms with van der Waals surface area (Å²) in [4.78, 5) is 38.0. The third-order valence-electron chi connectivity index (χ3n) is 8.51. The Bertz CT molecular complexity index is 1890. The average molecular weight is 564 g/mol. The van der Waals surface area contributed by atoms with Crippen LogP contribution in [0.5, 0.6) is 0 Å². The number of carbonyl (C=O) groups is 1. The van der Waals surface area contributed by atoms with E-state index in [0.29, 0.717) is 22.7 Å². The van der Waals surface area contributed by atoms with Crippen molar-refractivity contribution in [1.29, 1.82) is 10.7 Å². The molecule has 0 unspecified atom stereocenters. The Hall–Kier alpha value is -5.46. The third-order valence-corrected chi connectivity index (χ3v) is 8.51. The van der Waals surface area contributed by atoms with E-state index in [-0.39, 0.29) is 39.5 Å². The number of nitro benzene ring substituents is 2. The molecule has 0 bridgehead atoms. The quantitative estimate of drug-likeness (QED) is 0.129. The van der Waals surface area contributed by atoms with Crippen LogP contribution in [-0.4, -0.2) is 45.9 Å². The predicted molar refractivity (Wildman–Crippen MR) is 157 cm³/mol. The van der Waals surface area contributed by atoms with E-state index in [1.165, 1.54) is 18.2 Å². The fourth-order valence-electron chi connectivity index (χ4n) is 6.37. The normalized spacial score (nSPS) is 19.8. The molecule has 3 aliphatic rings. The maximum absolute atomic E-state index is 13.8. The summed E-state index contributed by atoms with van der Waals surface area (Å²) in [5.74, 6) is 1.80. The van der Waals surface area contributed by atoms with Crippen LogP contribution in [0.2, 0.25) is 0 Å². The zero-order valence-electron chi connectivity index (χ0n) is 23.9. The van der Waals surface area contributed by atoms with Crippen molar-refractivity contribution in [2.45, 2.75) is 38.5 Å². The monoisotopic (exact) mass is 563 g/mol. The van der Waals surface area contributed by atoms with Crippen molar-refractivity contribution in [3.05, 3.63) is 108 Å². The molecule has 2 heterocycles. The van der Waals surface area contributed by atoms with Crippen LogP contribution in [-0.2, 0) is 15.6 Å². The second-order valence-corrected chi connectivity index (χ2v) is 11.5. The first-order valence-electron chi connectivity index (χ1n) is 13.0. The zero-order valence-corrected chi connectivity index (χ0v) is 23.9. The fraction of sp³-hybridized carbons (Fsp3) is 0.258. The highest BCUT2D eigenvalue weighted by Crippen LogP contribution is 2.50. The lowest BCUT2D eigenvalue weighted by Crippen LogP contribution is -2.32. The number of ketones is 1. The molecule has 5 rings (SSSR count). The van der Waals surface area contributed by atoms with E-state index in [1.54, 1.807) is 49.0 Å². The van der Waals surface area contributed by atoms with Crippen LogP contribution in [0.15, 0.2) is 76.5 Å². The Balaban J connectivity index is 1.68. The van der Waals surface area contributed by atoms with Crippen molar-refractivity contribution in [1.82, 2.24) is 0 Å². The van der Waals surface area contributed by atoms with Crippen LogP contribution < -0.4 is 4.90 Å². The van der Waals surface area contributed by atoms with E-state index >= 15 is 0 Å². The van der Waals surface area contributed by atoms with Crippen LogP contribution in [0.25, 0.3) is 0 Å². The maximum atomic E-state index is 13.8. The highest BCUT2D eigenvalue weighted by atomic mass is 16.6. The van der Waals surface area contributed by atoms with Gasteiger partial charge >= 0.3 is 0 Å². The molecule has 42 heavy (non-hydrogen) atoms. The number of nitriles is 1. The van der Waals surface area contributed by atoms with E-state index < -0.39 is 20.7 Å². The summed E-state index contributed by atoms with van der Waals surface area (Å²) in [7, 11) is 3.57. The van der Waals surface area contributed by atoms with Gasteiger partial charge in [0.05, 0.1) is 15.3 Å². The number of likely N-dealkylation sites (N-methyl/N-ethyl adjacent to an activating group) is 1. The van der Waals surface area contributed by atoms with Crippen molar-refractivity contribution in [2.75, 3.05) is 19.0 Å². The number of nitro groups is 2. The molecular formula is C31H27N6O5+. The van der Waals surface area contributed by atoms with E-state index in [9.17, 15) is 30.3 Å². The van der Waals surface area contributed by atoms with Gasteiger partial charge in [0.2, 0.25) is 5.69 Å². The molecule has 0 radical (unpaired) electrons. The number of anilines is 1. The van der Waals surface area contributed by atoms with Crippen LogP contribution in [0.4, 0.5) is 22.7 Å². The second kappa shape index (κ2) is 9.29. The summed E-state index contributed by atoms with van der Waals surface area (Å²) in [6.07, 6.45) is 3.31. The van der Waals surface area contributed by atoms with Crippen LogP contribution in [0.3, 0.4) is 0 Å². The topological polar surface area (TPSA) is 157 Å². The fourth-order valence-corrected chi connectivity index (χ4v) is 6.37. The lowest BCUT2D eigenvalue weighted by Gasteiger charge is -2.28. The summed E-state index contributed by atoms with van der Waals surface area (Å²) in [6.45, 7) is 7.49. The highest BCUT2D eigenvalue weighted by molar-refractivity contribution is 6.27. The molecule has 2 aliphatic heterocycles.